The van der Waals surface area contributed by atoms with Crippen molar-refractivity contribution in [2.45, 2.75) is 38.0 Å². The summed E-state index contributed by atoms with van der Waals surface area (Å²) in [4.78, 5) is 11.7. The van der Waals surface area contributed by atoms with Crippen LogP contribution in [0, 0.1) is 0 Å². The molecule has 0 aliphatic heterocycles. The molecule has 0 unspecified atom stereocenters. The highest BCUT2D eigenvalue weighted by atomic mass is 32.2. The van der Waals surface area contributed by atoms with Gasteiger partial charge in [-0.05, 0) is 41.0 Å². The molecule has 2 N–H and O–H groups in total. The highest BCUT2D eigenvalue weighted by molar-refractivity contribution is 7.99. The molecule has 0 saturated heterocycles. The summed E-state index contributed by atoms with van der Waals surface area (Å²) in [6.45, 7) is 8.66. The Morgan fingerprint density at radius 2 is 1.79 bits per heavy atom. The number of nitrogens with one attached hydrogen (secondary N) is 2. The highest BCUT2D eigenvalue weighted by Crippen LogP contribution is 2.19. The van der Waals surface area contributed by atoms with Crippen LogP contribution in [-0.2, 0) is 4.79 Å². The van der Waals surface area contributed by atoms with Crippen LogP contribution in [0.15, 0.2) is 0 Å². The summed E-state index contributed by atoms with van der Waals surface area (Å²) in [6, 6.07) is 0. The van der Waals surface area contributed by atoms with Gasteiger partial charge in [-0.15, -0.1) is 0 Å². The van der Waals surface area contributed by atoms with Gasteiger partial charge < -0.3 is 10.6 Å². The molecular formula is C10H22N2OS. The number of hydrogen-bond donors (Lipinski definition) is 2. The number of carbonyl (C=O) groups excluding carboxylic acids is 1. The van der Waals surface area contributed by atoms with Gasteiger partial charge in [0.1, 0.15) is 0 Å². The molecule has 0 heterocycles. The van der Waals surface area contributed by atoms with E-state index in [4.69, 9.17) is 0 Å². The Morgan fingerprint density at radius 3 is 2.14 bits per heavy atom. The molecule has 0 radical (unpaired) electrons. The molecule has 0 fully saturated rings. The van der Waals surface area contributed by atoms with Gasteiger partial charge >= 0.3 is 0 Å². The van der Waals surface area contributed by atoms with E-state index in [1.54, 1.807) is 18.8 Å². The van der Waals surface area contributed by atoms with Crippen molar-refractivity contribution in [1.82, 2.24) is 10.6 Å². The zero-order valence-electron chi connectivity index (χ0n) is 10.0. The quantitative estimate of drug-likeness (QED) is 0.729. The van der Waals surface area contributed by atoms with E-state index in [9.17, 15) is 4.79 Å². The van der Waals surface area contributed by atoms with Gasteiger partial charge in [-0.25, -0.2) is 0 Å². The fraction of sp³-hybridized carbons (Fsp3) is 0.900. The third-order valence-corrected chi connectivity index (χ3v) is 3.67. The van der Waals surface area contributed by atoms with Crippen LogP contribution < -0.4 is 10.6 Å². The summed E-state index contributed by atoms with van der Waals surface area (Å²) in [6.07, 6.45) is 2.05. The predicted molar refractivity (Wildman–Crippen MR) is 63.7 cm³/mol. The minimum atomic E-state index is -0.492. The van der Waals surface area contributed by atoms with E-state index in [0.717, 1.165) is 0 Å². The van der Waals surface area contributed by atoms with E-state index in [2.05, 4.69) is 30.7 Å². The van der Waals surface area contributed by atoms with Gasteiger partial charge in [-0.2, -0.15) is 11.8 Å². The first-order valence-corrected chi connectivity index (χ1v) is 6.00. The van der Waals surface area contributed by atoms with E-state index in [-0.39, 0.29) is 10.7 Å². The van der Waals surface area contributed by atoms with Gasteiger partial charge in [0.05, 0.1) is 5.54 Å². The van der Waals surface area contributed by atoms with Crippen molar-refractivity contribution in [3.05, 3.63) is 0 Å². The molecule has 0 rings (SSSR count). The van der Waals surface area contributed by atoms with Crippen LogP contribution in [0.3, 0.4) is 0 Å². The normalized spacial score (nSPS) is 12.7. The number of amides is 1. The number of hydrogen-bond acceptors (Lipinski definition) is 3. The van der Waals surface area contributed by atoms with Crippen LogP contribution in [0.5, 0.6) is 0 Å². The Bertz CT molecular complexity index is 202. The molecule has 0 saturated carbocycles. The topological polar surface area (TPSA) is 41.1 Å². The second-order valence-corrected chi connectivity index (χ2v) is 6.03. The number of likely N-dealkylation sites (N-methyl/N-ethyl adjacent to an activating group) is 1. The first-order valence-electron chi connectivity index (χ1n) is 4.77. The van der Waals surface area contributed by atoms with Gasteiger partial charge in [-0.3, -0.25) is 4.79 Å². The summed E-state index contributed by atoms with van der Waals surface area (Å²) in [7, 11) is 1.79. The average Bonchev–Trinajstić information content (AvgIpc) is 2.14. The minimum Gasteiger partial charge on any atom is -0.353 e. The van der Waals surface area contributed by atoms with Crippen LogP contribution in [0.25, 0.3) is 0 Å². The number of rotatable bonds is 5. The van der Waals surface area contributed by atoms with Gasteiger partial charge in [0.2, 0.25) is 5.91 Å². The lowest BCUT2D eigenvalue weighted by molar-refractivity contribution is -0.126. The lowest BCUT2D eigenvalue weighted by atomic mass is 10.0. The van der Waals surface area contributed by atoms with Gasteiger partial charge in [0, 0.05) is 11.3 Å². The van der Waals surface area contributed by atoms with Crippen molar-refractivity contribution >= 4 is 17.7 Å². The third-order valence-electron chi connectivity index (χ3n) is 2.42. The molecule has 0 aliphatic carbocycles. The number of carbonyl (C=O) groups is 1. The zero-order chi connectivity index (χ0) is 11.4. The fourth-order valence-corrected chi connectivity index (χ4v) is 0.916. The van der Waals surface area contributed by atoms with Crippen molar-refractivity contribution in [2.75, 3.05) is 19.8 Å². The second kappa shape index (κ2) is 5.03. The average molecular weight is 218 g/mol. The van der Waals surface area contributed by atoms with Gasteiger partial charge in [0.15, 0.2) is 0 Å². The molecule has 0 bridgehead atoms. The SMILES string of the molecule is CNC(C)(C)C(=O)NCC(C)(C)SC. The Labute approximate surface area is 91.4 Å². The zero-order valence-corrected chi connectivity index (χ0v) is 10.8. The Balaban J connectivity index is 4.10. The van der Waals surface area contributed by atoms with Crippen LogP contribution in [0.4, 0.5) is 0 Å². The highest BCUT2D eigenvalue weighted by Gasteiger charge is 2.26. The summed E-state index contributed by atoms with van der Waals surface area (Å²) >= 11 is 1.75. The molecule has 0 aromatic rings. The summed E-state index contributed by atoms with van der Waals surface area (Å²) in [5.74, 6) is 0.0436. The van der Waals surface area contributed by atoms with E-state index >= 15 is 0 Å². The molecule has 0 atom stereocenters. The molecule has 0 aliphatic rings. The van der Waals surface area contributed by atoms with E-state index in [0.29, 0.717) is 6.54 Å². The Hall–Kier alpha value is -0.220. The molecule has 1 amide bonds. The largest absolute Gasteiger partial charge is 0.353 e. The lowest BCUT2D eigenvalue weighted by Crippen LogP contribution is -2.53. The maximum absolute atomic E-state index is 11.7. The molecule has 3 nitrogen and oxygen atoms in total. The molecule has 0 spiro atoms. The standard InChI is InChI=1S/C10H22N2OS/c1-9(2,14-6)7-12-8(13)10(3,4)11-5/h11H,7H2,1-6H3,(H,12,13). The maximum atomic E-state index is 11.7. The molecule has 14 heavy (non-hydrogen) atoms. The van der Waals surface area contributed by atoms with E-state index in [1.165, 1.54) is 0 Å². The molecule has 0 aromatic heterocycles. The van der Waals surface area contributed by atoms with Crippen LogP contribution >= 0.6 is 11.8 Å². The number of thioether (sulfide) groups is 1. The van der Waals surface area contributed by atoms with Crippen molar-refractivity contribution < 1.29 is 4.79 Å². The summed E-state index contributed by atoms with van der Waals surface area (Å²) in [5, 5.41) is 5.92. The van der Waals surface area contributed by atoms with E-state index in [1.807, 2.05) is 13.8 Å². The predicted octanol–water partition coefficient (Wildman–Crippen LogP) is 1.24. The molecular weight excluding hydrogens is 196 g/mol. The molecule has 4 heteroatoms. The van der Waals surface area contributed by atoms with Crippen LogP contribution in [0.2, 0.25) is 0 Å². The Morgan fingerprint density at radius 1 is 1.29 bits per heavy atom. The maximum Gasteiger partial charge on any atom is 0.239 e. The lowest BCUT2D eigenvalue weighted by Gasteiger charge is -2.27. The first-order chi connectivity index (χ1) is 6.25. The summed E-state index contributed by atoms with van der Waals surface area (Å²) in [5.41, 5.74) is -0.492. The minimum absolute atomic E-state index is 0.0436. The monoisotopic (exact) mass is 218 g/mol. The van der Waals surface area contributed by atoms with Crippen molar-refractivity contribution in [2.24, 2.45) is 0 Å². The van der Waals surface area contributed by atoms with Crippen molar-refractivity contribution in [1.29, 1.82) is 0 Å². The second-order valence-electron chi connectivity index (χ2n) is 4.52. The van der Waals surface area contributed by atoms with Crippen LogP contribution in [-0.4, -0.2) is 36.0 Å². The smallest absolute Gasteiger partial charge is 0.239 e. The van der Waals surface area contributed by atoms with Crippen molar-refractivity contribution in [3.8, 4) is 0 Å². The van der Waals surface area contributed by atoms with Gasteiger partial charge in [0.25, 0.3) is 0 Å². The third kappa shape index (κ3) is 4.33. The van der Waals surface area contributed by atoms with Gasteiger partial charge in [-0.1, -0.05) is 0 Å². The van der Waals surface area contributed by atoms with E-state index < -0.39 is 5.54 Å². The Kier molecular flexibility index (Phi) is 4.95. The van der Waals surface area contributed by atoms with Crippen LogP contribution in [0.1, 0.15) is 27.7 Å². The molecule has 0 aromatic carbocycles. The first kappa shape index (κ1) is 13.8. The van der Waals surface area contributed by atoms with Crippen molar-refractivity contribution in [3.63, 3.8) is 0 Å². The fourth-order valence-electron chi connectivity index (χ4n) is 0.700. The molecule has 84 valence electrons. The summed E-state index contributed by atoms with van der Waals surface area (Å²) < 4.78 is 0.0967.